The maximum absolute atomic E-state index is 4.22. The van der Waals surface area contributed by atoms with Crippen molar-refractivity contribution in [1.29, 1.82) is 0 Å². The molecule has 1 heterocycles. The molecule has 0 saturated carbocycles. The number of aryl methyl sites for hydroxylation is 1. The van der Waals surface area contributed by atoms with Crippen LogP contribution in [0, 0.1) is 6.92 Å². The molecule has 4 nitrogen and oxygen atoms in total. The Morgan fingerprint density at radius 2 is 2.00 bits per heavy atom. The molecule has 0 radical (unpaired) electrons. The van der Waals surface area contributed by atoms with Crippen molar-refractivity contribution in [3.05, 3.63) is 46.0 Å². The van der Waals surface area contributed by atoms with Crippen molar-refractivity contribution >= 4 is 15.9 Å². The summed E-state index contributed by atoms with van der Waals surface area (Å²) < 4.78 is 1.10. The zero-order valence-electron chi connectivity index (χ0n) is 9.00. The summed E-state index contributed by atoms with van der Waals surface area (Å²) >= 11 is 3.41. The van der Waals surface area contributed by atoms with Gasteiger partial charge in [0.25, 0.3) is 0 Å². The van der Waals surface area contributed by atoms with Crippen LogP contribution >= 0.6 is 15.9 Å². The minimum Gasteiger partial charge on any atom is -0.306 e. The van der Waals surface area contributed by atoms with Crippen LogP contribution < -0.4 is 5.32 Å². The third-order valence-electron chi connectivity index (χ3n) is 2.17. The zero-order valence-corrected chi connectivity index (χ0v) is 10.6. The molecule has 0 amide bonds. The first kappa shape index (κ1) is 11.3. The summed E-state index contributed by atoms with van der Waals surface area (Å²) in [4.78, 5) is 4.22. The van der Waals surface area contributed by atoms with Crippen molar-refractivity contribution in [2.45, 2.75) is 20.0 Å². The second kappa shape index (κ2) is 5.23. The predicted octanol–water partition coefficient (Wildman–Crippen LogP) is 2.17. The minimum absolute atomic E-state index is 0.681. The van der Waals surface area contributed by atoms with Gasteiger partial charge in [0.15, 0.2) is 5.82 Å². The molecule has 2 N–H and O–H groups in total. The fraction of sp³-hybridized carbons (Fsp3) is 0.273. The van der Waals surface area contributed by atoms with Crippen molar-refractivity contribution in [3.8, 4) is 0 Å². The van der Waals surface area contributed by atoms with Gasteiger partial charge in [0, 0.05) is 11.0 Å². The second-order valence-corrected chi connectivity index (χ2v) is 4.48. The Kier molecular flexibility index (Phi) is 3.69. The molecule has 5 heteroatoms. The van der Waals surface area contributed by atoms with Crippen LogP contribution in [0.1, 0.15) is 17.2 Å². The van der Waals surface area contributed by atoms with E-state index in [-0.39, 0.29) is 0 Å². The van der Waals surface area contributed by atoms with Crippen LogP contribution in [0.3, 0.4) is 0 Å². The first-order chi connectivity index (χ1) is 7.74. The third-order valence-corrected chi connectivity index (χ3v) is 2.70. The van der Waals surface area contributed by atoms with E-state index >= 15 is 0 Å². The molecule has 1 aromatic carbocycles. The summed E-state index contributed by atoms with van der Waals surface area (Å²) in [6, 6.07) is 8.24. The number of nitrogens with zero attached hydrogens (tertiary/aromatic N) is 2. The lowest BCUT2D eigenvalue weighted by molar-refractivity contribution is 0.664. The van der Waals surface area contributed by atoms with Crippen molar-refractivity contribution in [2.24, 2.45) is 0 Å². The van der Waals surface area contributed by atoms with E-state index in [1.54, 1.807) is 0 Å². The number of hydrogen-bond donors (Lipinski definition) is 2. The van der Waals surface area contributed by atoms with Gasteiger partial charge in [-0.15, -0.1) is 0 Å². The lowest BCUT2D eigenvalue weighted by atomic mass is 10.2. The Bertz CT molecular complexity index is 449. The summed E-state index contributed by atoms with van der Waals surface area (Å²) in [6.07, 6.45) is 0. The van der Waals surface area contributed by atoms with Gasteiger partial charge < -0.3 is 5.32 Å². The fourth-order valence-electron chi connectivity index (χ4n) is 1.39. The van der Waals surface area contributed by atoms with Gasteiger partial charge in [0.1, 0.15) is 5.82 Å². The van der Waals surface area contributed by atoms with E-state index in [9.17, 15) is 0 Å². The molecule has 0 atom stereocenters. The van der Waals surface area contributed by atoms with Crippen LogP contribution in [0.25, 0.3) is 0 Å². The van der Waals surface area contributed by atoms with Crippen LogP contribution in [0.15, 0.2) is 28.7 Å². The fourth-order valence-corrected chi connectivity index (χ4v) is 1.65. The number of benzene rings is 1. The number of H-pyrrole nitrogens is 1. The lowest BCUT2D eigenvalue weighted by Gasteiger charge is -2.02. The molecule has 1 aromatic heterocycles. The highest BCUT2D eigenvalue weighted by Gasteiger charge is 1.98. The van der Waals surface area contributed by atoms with Crippen LogP contribution in [-0.2, 0) is 13.1 Å². The van der Waals surface area contributed by atoms with E-state index in [0.29, 0.717) is 6.54 Å². The van der Waals surface area contributed by atoms with Crippen molar-refractivity contribution in [2.75, 3.05) is 0 Å². The monoisotopic (exact) mass is 280 g/mol. The zero-order chi connectivity index (χ0) is 11.4. The largest absolute Gasteiger partial charge is 0.306 e. The van der Waals surface area contributed by atoms with E-state index < -0.39 is 0 Å². The predicted molar refractivity (Wildman–Crippen MR) is 65.8 cm³/mol. The Hall–Kier alpha value is -1.20. The molecule has 0 bridgehead atoms. The van der Waals surface area contributed by atoms with Gasteiger partial charge in [-0.1, -0.05) is 28.1 Å². The first-order valence-electron chi connectivity index (χ1n) is 5.07. The summed E-state index contributed by atoms with van der Waals surface area (Å²) in [7, 11) is 0. The molecular formula is C11H13BrN4. The molecule has 16 heavy (non-hydrogen) atoms. The molecule has 84 valence electrons. The molecule has 0 unspecified atom stereocenters. The standard InChI is InChI=1S/C11H13BrN4/c1-8-14-11(16-15-8)7-13-6-9-2-4-10(12)5-3-9/h2-5,13H,6-7H2,1H3,(H,14,15,16). The quantitative estimate of drug-likeness (QED) is 0.903. The minimum atomic E-state index is 0.681. The molecule has 0 fully saturated rings. The molecule has 2 rings (SSSR count). The van der Waals surface area contributed by atoms with Crippen LogP contribution in [0.4, 0.5) is 0 Å². The van der Waals surface area contributed by atoms with Gasteiger partial charge in [0.2, 0.25) is 0 Å². The van der Waals surface area contributed by atoms with Crippen molar-refractivity contribution < 1.29 is 0 Å². The summed E-state index contributed by atoms with van der Waals surface area (Å²) in [5, 5.41) is 10.2. The second-order valence-electron chi connectivity index (χ2n) is 3.57. The molecule has 0 saturated heterocycles. The first-order valence-corrected chi connectivity index (χ1v) is 5.86. The number of nitrogens with one attached hydrogen (secondary N) is 2. The van der Waals surface area contributed by atoms with E-state index in [4.69, 9.17) is 0 Å². The average Bonchev–Trinajstić information content (AvgIpc) is 2.67. The highest BCUT2D eigenvalue weighted by molar-refractivity contribution is 9.10. The normalized spacial score (nSPS) is 10.6. The number of rotatable bonds is 4. The smallest absolute Gasteiger partial charge is 0.164 e. The summed E-state index contributed by atoms with van der Waals surface area (Å²) in [5.74, 6) is 1.65. The average molecular weight is 281 g/mol. The lowest BCUT2D eigenvalue weighted by Crippen LogP contribution is -2.13. The Labute approximate surface area is 103 Å². The van der Waals surface area contributed by atoms with E-state index in [1.807, 2.05) is 19.1 Å². The van der Waals surface area contributed by atoms with E-state index in [2.05, 4.69) is 48.6 Å². The molecule has 0 aliphatic carbocycles. The third kappa shape index (κ3) is 3.15. The van der Waals surface area contributed by atoms with Gasteiger partial charge in [-0.25, -0.2) is 4.98 Å². The van der Waals surface area contributed by atoms with Gasteiger partial charge in [-0.3, -0.25) is 5.10 Å². The number of aromatic amines is 1. The van der Waals surface area contributed by atoms with Crippen molar-refractivity contribution in [1.82, 2.24) is 20.5 Å². The van der Waals surface area contributed by atoms with Crippen LogP contribution in [0.2, 0.25) is 0 Å². The van der Waals surface area contributed by atoms with E-state index in [0.717, 1.165) is 22.7 Å². The van der Waals surface area contributed by atoms with Crippen LogP contribution in [-0.4, -0.2) is 15.2 Å². The molecule has 0 aliphatic heterocycles. The number of hydrogen-bond acceptors (Lipinski definition) is 3. The van der Waals surface area contributed by atoms with Gasteiger partial charge in [-0.2, -0.15) is 5.10 Å². The molecule has 0 aliphatic rings. The highest BCUT2D eigenvalue weighted by atomic mass is 79.9. The Balaban J connectivity index is 1.82. The SMILES string of the molecule is Cc1nc(CNCc2ccc(Br)cc2)n[nH]1. The Morgan fingerprint density at radius 3 is 2.62 bits per heavy atom. The molecule has 0 spiro atoms. The van der Waals surface area contributed by atoms with Crippen molar-refractivity contribution in [3.63, 3.8) is 0 Å². The highest BCUT2D eigenvalue weighted by Crippen LogP contribution is 2.10. The summed E-state index contributed by atoms with van der Waals surface area (Å²) in [6.45, 7) is 3.40. The van der Waals surface area contributed by atoms with Gasteiger partial charge in [-0.05, 0) is 24.6 Å². The molecule has 2 aromatic rings. The Morgan fingerprint density at radius 1 is 1.25 bits per heavy atom. The van der Waals surface area contributed by atoms with Crippen LogP contribution in [0.5, 0.6) is 0 Å². The number of halogens is 1. The number of aromatic nitrogens is 3. The maximum atomic E-state index is 4.22. The topological polar surface area (TPSA) is 53.6 Å². The molecular weight excluding hydrogens is 268 g/mol. The van der Waals surface area contributed by atoms with Gasteiger partial charge in [0.05, 0.1) is 6.54 Å². The van der Waals surface area contributed by atoms with E-state index in [1.165, 1.54) is 5.56 Å². The maximum Gasteiger partial charge on any atom is 0.164 e. The van der Waals surface area contributed by atoms with Gasteiger partial charge >= 0.3 is 0 Å². The summed E-state index contributed by atoms with van der Waals surface area (Å²) in [5.41, 5.74) is 1.25.